The lowest BCUT2D eigenvalue weighted by Gasteiger charge is -2.23. The topological polar surface area (TPSA) is 103 Å². The lowest BCUT2D eigenvalue weighted by atomic mass is 10.1. The van der Waals surface area contributed by atoms with Crippen molar-refractivity contribution in [3.8, 4) is 5.75 Å². The molecule has 1 aromatic carbocycles. The minimum atomic E-state index is -0.520. The fraction of sp³-hybridized carbons (Fsp3) is 0.467. The van der Waals surface area contributed by atoms with Crippen LogP contribution in [0, 0.1) is 0 Å². The molecule has 1 saturated heterocycles. The zero-order chi connectivity index (χ0) is 15.7. The first-order chi connectivity index (χ1) is 10.6. The smallest absolute Gasteiger partial charge is 0.265 e. The molecule has 23 heavy (non-hydrogen) atoms. The molecule has 0 radical (unpaired) electrons. The van der Waals surface area contributed by atoms with E-state index in [9.17, 15) is 9.59 Å². The highest BCUT2D eigenvalue weighted by Gasteiger charge is 2.30. The molecule has 0 aromatic heterocycles. The van der Waals surface area contributed by atoms with E-state index >= 15 is 0 Å². The number of fused-ring (bicyclic) bond motifs is 1. The summed E-state index contributed by atoms with van der Waals surface area (Å²) in [5.41, 5.74) is 6.67. The fourth-order valence-electron chi connectivity index (χ4n) is 2.58. The number of carbonyl (C=O) groups is 2. The molecule has 0 spiro atoms. The molecule has 0 aliphatic carbocycles. The Balaban J connectivity index is 0.00000192. The van der Waals surface area contributed by atoms with Crippen LogP contribution in [-0.4, -0.2) is 36.7 Å². The Bertz CT molecular complexity index is 610. The van der Waals surface area contributed by atoms with Crippen LogP contribution in [0.1, 0.15) is 19.8 Å². The van der Waals surface area contributed by atoms with Gasteiger partial charge in [-0.15, -0.1) is 12.4 Å². The number of ether oxygens (including phenoxy) is 2. The summed E-state index contributed by atoms with van der Waals surface area (Å²) in [7, 11) is 0. The molecule has 3 atom stereocenters. The van der Waals surface area contributed by atoms with Gasteiger partial charge in [-0.25, -0.2) is 0 Å². The minimum absolute atomic E-state index is 0. The summed E-state index contributed by atoms with van der Waals surface area (Å²) in [5.74, 6) is 0.179. The van der Waals surface area contributed by atoms with E-state index in [0.29, 0.717) is 30.1 Å². The van der Waals surface area contributed by atoms with Gasteiger partial charge < -0.3 is 25.8 Å². The number of nitrogens with two attached hydrogens (primary N) is 1. The standard InChI is InChI=1S/C15H19N3O4.ClH/c1-8-14(19)18-11-6-9(2-4-12(11)21-8)17-15(20)13-5-3-10(7-16)22-13;/h2,4,6,8,10,13H,3,5,7,16H2,1H3,(H,17,20)(H,18,19);1H/t8?,10-,13+;/m1./s1. The molecule has 4 N–H and O–H groups in total. The third-order valence-corrected chi connectivity index (χ3v) is 3.84. The Morgan fingerprint density at radius 1 is 1.43 bits per heavy atom. The molecule has 2 aliphatic rings. The third kappa shape index (κ3) is 3.74. The summed E-state index contributed by atoms with van der Waals surface area (Å²) < 4.78 is 11.0. The Hall–Kier alpha value is -1.83. The van der Waals surface area contributed by atoms with Gasteiger partial charge in [-0.05, 0) is 38.0 Å². The molecule has 1 unspecified atom stereocenters. The SMILES string of the molecule is CC1Oc2ccc(NC(=O)[C@@H]3CC[C@H](CN)O3)cc2NC1=O.Cl. The zero-order valence-corrected chi connectivity index (χ0v) is 13.5. The molecule has 2 aliphatic heterocycles. The van der Waals surface area contributed by atoms with Crippen LogP contribution in [0.5, 0.6) is 5.75 Å². The van der Waals surface area contributed by atoms with Gasteiger partial charge in [-0.1, -0.05) is 0 Å². The number of benzene rings is 1. The van der Waals surface area contributed by atoms with Crippen molar-refractivity contribution < 1.29 is 19.1 Å². The van der Waals surface area contributed by atoms with Crippen LogP contribution in [-0.2, 0) is 14.3 Å². The molecule has 1 aromatic rings. The van der Waals surface area contributed by atoms with Crippen LogP contribution in [0.15, 0.2) is 18.2 Å². The van der Waals surface area contributed by atoms with Crippen LogP contribution < -0.4 is 21.1 Å². The number of carbonyl (C=O) groups excluding carboxylic acids is 2. The van der Waals surface area contributed by atoms with Crippen molar-refractivity contribution in [2.45, 2.75) is 38.1 Å². The third-order valence-electron chi connectivity index (χ3n) is 3.84. The number of hydrogen-bond acceptors (Lipinski definition) is 5. The van der Waals surface area contributed by atoms with E-state index in [4.69, 9.17) is 15.2 Å². The second-order valence-corrected chi connectivity index (χ2v) is 5.51. The van der Waals surface area contributed by atoms with Gasteiger partial charge in [0.05, 0.1) is 11.8 Å². The average Bonchev–Trinajstić information content (AvgIpc) is 2.98. The van der Waals surface area contributed by atoms with Gasteiger partial charge in [0.2, 0.25) is 0 Å². The molecule has 3 rings (SSSR count). The second kappa shape index (κ2) is 7.16. The molecule has 1 fully saturated rings. The molecule has 2 amide bonds. The summed E-state index contributed by atoms with van der Waals surface area (Å²) in [5, 5.41) is 5.54. The normalized spacial score (nSPS) is 25.7. The molecule has 2 heterocycles. The van der Waals surface area contributed by atoms with E-state index in [1.54, 1.807) is 25.1 Å². The predicted molar refractivity (Wildman–Crippen MR) is 88.0 cm³/mol. The fourth-order valence-corrected chi connectivity index (χ4v) is 2.58. The first kappa shape index (κ1) is 17.5. The number of nitrogens with one attached hydrogen (secondary N) is 2. The zero-order valence-electron chi connectivity index (χ0n) is 12.7. The largest absolute Gasteiger partial charge is 0.479 e. The maximum atomic E-state index is 12.2. The number of hydrogen-bond donors (Lipinski definition) is 3. The van der Waals surface area contributed by atoms with Crippen molar-refractivity contribution in [1.82, 2.24) is 0 Å². The van der Waals surface area contributed by atoms with Crippen molar-refractivity contribution in [2.75, 3.05) is 17.2 Å². The Morgan fingerprint density at radius 2 is 2.22 bits per heavy atom. The second-order valence-electron chi connectivity index (χ2n) is 5.51. The number of halogens is 1. The number of anilines is 2. The molecule has 0 saturated carbocycles. The average molecular weight is 342 g/mol. The van der Waals surface area contributed by atoms with E-state index in [1.807, 2.05) is 0 Å². The van der Waals surface area contributed by atoms with Crippen LogP contribution >= 0.6 is 12.4 Å². The Kier molecular flexibility index (Phi) is 5.46. The lowest BCUT2D eigenvalue weighted by molar-refractivity contribution is -0.126. The van der Waals surface area contributed by atoms with Gasteiger partial charge in [0.15, 0.2) is 6.10 Å². The first-order valence-electron chi connectivity index (χ1n) is 7.35. The summed E-state index contributed by atoms with van der Waals surface area (Å²) in [4.78, 5) is 23.8. The molecule has 126 valence electrons. The summed E-state index contributed by atoms with van der Waals surface area (Å²) >= 11 is 0. The van der Waals surface area contributed by atoms with Gasteiger partial charge in [0.1, 0.15) is 11.9 Å². The maximum Gasteiger partial charge on any atom is 0.265 e. The van der Waals surface area contributed by atoms with Gasteiger partial charge >= 0.3 is 0 Å². The van der Waals surface area contributed by atoms with E-state index < -0.39 is 12.2 Å². The number of amides is 2. The van der Waals surface area contributed by atoms with E-state index in [1.165, 1.54) is 0 Å². The summed E-state index contributed by atoms with van der Waals surface area (Å²) in [6, 6.07) is 5.13. The van der Waals surface area contributed by atoms with Crippen LogP contribution in [0.25, 0.3) is 0 Å². The summed E-state index contributed by atoms with van der Waals surface area (Å²) in [6.45, 7) is 2.10. The Labute approximate surface area is 140 Å². The van der Waals surface area contributed by atoms with Crippen molar-refractivity contribution >= 4 is 35.6 Å². The molecule has 8 heteroatoms. The maximum absolute atomic E-state index is 12.2. The molecular formula is C15H20ClN3O4. The first-order valence-corrected chi connectivity index (χ1v) is 7.35. The van der Waals surface area contributed by atoms with E-state index in [2.05, 4.69) is 10.6 Å². The van der Waals surface area contributed by atoms with Crippen LogP contribution in [0.3, 0.4) is 0 Å². The quantitative estimate of drug-likeness (QED) is 0.768. The number of rotatable bonds is 3. The predicted octanol–water partition coefficient (Wildman–Crippen LogP) is 1.27. The van der Waals surface area contributed by atoms with E-state index in [-0.39, 0.29) is 30.3 Å². The van der Waals surface area contributed by atoms with Crippen molar-refractivity contribution in [2.24, 2.45) is 5.73 Å². The minimum Gasteiger partial charge on any atom is -0.479 e. The van der Waals surface area contributed by atoms with Crippen LogP contribution in [0.4, 0.5) is 11.4 Å². The van der Waals surface area contributed by atoms with Crippen molar-refractivity contribution in [3.63, 3.8) is 0 Å². The van der Waals surface area contributed by atoms with Crippen molar-refractivity contribution in [1.29, 1.82) is 0 Å². The highest BCUT2D eigenvalue weighted by molar-refractivity contribution is 5.99. The van der Waals surface area contributed by atoms with Crippen molar-refractivity contribution in [3.05, 3.63) is 18.2 Å². The van der Waals surface area contributed by atoms with Gasteiger partial charge in [-0.2, -0.15) is 0 Å². The van der Waals surface area contributed by atoms with Crippen LogP contribution in [0.2, 0.25) is 0 Å². The lowest BCUT2D eigenvalue weighted by Crippen LogP contribution is -2.34. The summed E-state index contributed by atoms with van der Waals surface area (Å²) in [6.07, 6.45) is 0.410. The molecule has 0 bridgehead atoms. The Morgan fingerprint density at radius 3 is 2.91 bits per heavy atom. The van der Waals surface area contributed by atoms with Gasteiger partial charge in [0, 0.05) is 12.2 Å². The molecular weight excluding hydrogens is 322 g/mol. The molecule has 7 nitrogen and oxygen atoms in total. The highest BCUT2D eigenvalue weighted by atomic mass is 35.5. The van der Waals surface area contributed by atoms with Gasteiger partial charge in [0.25, 0.3) is 11.8 Å². The highest BCUT2D eigenvalue weighted by Crippen LogP contribution is 2.32. The monoisotopic (exact) mass is 341 g/mol. The van der Waals surface area contributed by atoms with Gasteiger partial charge in [-0.3, -0.25) is 9.59 Å². The van der Waals surface area contributed by atoms with E-state index in [0.717, 1.165) is 6.42 Å².